The van der Waals surface area contributed by atoms with Gasteiger partial charge in [0, 0.05) is 12.2 Å². The Morgan fingerprint density at radius 2 is 2.21 bits per heavy atom. The van der Waals surface area contributed by atoms with E-state index in [1.165, 1.54) is 29.3 Å². The van der Waals surface area contributed by atoms with E-state index in [0.717, 1.165) is 29.5 Å². The van der Waals surface area contributed by atoms with Gasteiger partial charge in [0.25, 0.3) is 0 Å². The summed E-state index contributed by atoms with van der Waals surface area (Å²) in [5.41, 5.74) is 3.63. The van der Waals surface area contributed by atoms with Crippen molar-refractivity contribution in [3.05, 3.63) is 47.8 Å². The van der Waals surface area contributed by atoms with Crippen molar-refractivity contribution in [3.63, 3.8) is 0 Å². The number of carbonyl (C=O) groups excluding carboxylic acids is 1. The first-order valence-electron chi connectivity index (χ1n) is 8.18. The number of nitrogens with one attached hydrogen (secondary N) is 1. The van der Waals surface area contributed by atoms with E-state index in [1.54, 1.807) is 6.08 Å². The minimum atomic E-state index is -0.259. The van der Waals surface area contributed by atoms with Crippen molar-refractivity contribution in [2.45, 2.75) is 50.1 Å². The highest BCUT2D eigenvalue weighted by Gasteiger charge is 2.19. The van der Waals surface area contributed by atoms with Crippen LogP contribution in [0.25, 0.3) is 0 Å². The van der Waals surface area contributed by atoms with Gasteiger partial charge in [-0.3, -0.25) is 4.79 Å². The van der Waals surface area contributed by atoms with Crippen molar-refractivity contribution < 1.29 is 4.79 Å². The maximum atomic E-state index is 12.5. The van der Waals surface area contributed by atoms with E-state index < -0.39 is 0 Å². The maximum absolute atomic E-state index is 12.5. The molecule has 1 aliphatic carbocycles. The van der Waals surface area contributed by atoms with Crippen LogP contribution in [0, 0.1) is 6.92 Å². The van der Waals surface area contributed by atoms with Gasteiger partial charge in [-0.15, -0.1) is 16.8 Å². The lowest BCUT2D eigenvalue weighted by Gasteiger charge is -2.13. The van der Waals surface area contributed by atoms with E-state index in [4.69, 9.17) is 0 Å². The third-order valence-electron chi connectivity index (χ3n) is 4.23. The Kier molecular flexibility index (Phi) is 5.04. The topological polar surface area (TPSA) is 59.8 Å². The van der Waals surface area contributed by atoms with Crippen LogP contribution in [0.5, 0.6) is 0 Å². The van der Waals surface area contributed by atoms with Gasteiger partial charge in [-0.25, -0.2) is 0 Å². The van der Waals surface area contributed by atoms with Gasteiger partial charge < -0.3 is 9.88 Å². The third kappa shape index (κ3) is 3.53. The van der Waals surface area contributed by atoms with Gasteiger partial charge in [-0.05, 0) is 56.4 Å². The first-order chi connectivity index (χ1) is 11.6. The predicted octanol–water partition coefficient (Wildman–Crippen LogP) is 3.38. The Balaban J connectivity index is 1.66. The SMILES string of the molecule is C=CCn1c(C)nnc1S[C@@H](C)C(=O)Nc1ccc2c(c1)CCC2. The zero-order chi connectivity index (χ0) is 17.1. The molecule has 0 radical (unpaired) electrons. The van der Waals surface area contributed by atoms with Gasteiger partial charge in [0.15, 0.2) is 5.16 Å². The van der Waals surface area contributed by atoms with Crippen molar-refractivity contribution in [3.8, 4) is 0 Å². The molecule has 1 amide bonds. The minimum absolute atomic E-state index is 0.0243. The van der Waals surface area contributed by atoms with Crippen molar-refractivity contribution in [1.29, 1.82) is 0 Å². The fourth-order valence-electron chi connectivity index (χ4n) is 2.89. The van der Waals surface area contributed by atoms with Gasteiger partial charge in [0.05, 0.1) is 5.25 Å². The second-order valence-corrected chi connectivity index (χ2v) is 7.32. The lowest BCUT2D eigenvalue weighted by molar-refractivity contribution is -0.115. The van der Waals surface area contributed by atoms with Crippen molar-refractivity contribution >= 4 is 23.4 Å². The van der Waals surface area contributed by atoms with Gasteiger partial charge in [-0.2, -0.15) is 0 Å². The Bertz CT molecular complexity index is 768. The summed E-state index contributed by atoms with van der Waals surface area (Å²) in [7, 11) is 0. The summed E-state index contributed by atoms with van der Waals surface area (Å²) in [5, 5.41) is 11.7. The molecule has 1 atom stereocenters. The van der Waals surface area contributed by atoms with Crippen LogP contribution < -0.4 is 5.32 Å². The average molecular weight is 342 g/mol. The highest BCUT2D eigenvalue weighted by molar-refractivity contribution is 8.00. The molecule has 24 heavy (non-hydrogen) atoms. The van der Waals surface area contributed by atoms with E-state index in [0.29, 0.717) is 6.54 Å². The molecule has 1 aromatic carbocycles. The number of fused-ring (bicyclic) bond motifs is 1. The van der Waals surface area contributed by atoms with Crippen molar-refractivity contribution in [1.82, 2.24) is 14.8 Å². The molecule has 126 valence electrons. The molecule has 0 fully saturated rings. The van der Waals surface area contributed by atoms with Crippen LogP contribution in [0.3, 0.4) is 0 Å². The molecule has 0 saturated carbocycles. The normalized spacial score (nSPS) is 14.2. The lowest BCUT2D eigenvalue weighted by atomic mass is 10.1. The third-order valence-corrected chi connectivity index (χ3v) is 5.31. The number of carbonyl (C=O) groups is 1. The molecular formula is C18H22N4OS. The maximum Gasteiger partial charge on any atom is 0.237 e. The number of aromatic nitrogens is 3. The van der Waals surface area contributed by atoms with Crippen molar-refractivity contribution in [2.75, 3.05) is 5.32 Å². The first kappa shape index (κ1) is 16.8. The number of benzene rings is 1. The van der Waals surface area contributed by atoms with Crippen LogP contribution in [-0.2, 0) is 24.2 Å². The number of thioether (sulfide) groups is 1. The molecule has 2 aromatic rings. The second-order valence-electron chi connectivity index (χ2n) is 6.02. The summed E-state index contributed by atoms with van der Waals surface area (Å²) in [4.78, 5) is 12.5. The standard InChI is InChI=1S/C18H22N4OS/c1-4-10-22-13(3)20-21-18(22)24-12(2)17(23)19-16-9-8-14-6-5-7-15(14)11-16/h4,8-9,11-12H,1,5-7,10H2,2-3H3,(H,19,23)/t12-/m0/s1. The quantitative estimate of drug-likeness (QED) is 0.646. The number of hydrogen-bond acceptors (Lipinski definition) is 4. The summed E-state index contributed by atoms with van der Waals surface area (Å²) in [6.45, 7) is 8.17. The average Bonchev–Trinajstić information content (AvgIpc) is 3.16. The van der Waals surface area contributed by atoms with Crippen LogP contribution in [-0.4, -0.2) is 25.9 Å². The Labute approximate surface area is 146 Å². The molecule has 6 heteroatoms. The molecular weight excluding hydrogens is 320 g/mol. The number of hydrogen-bond donors (Lipinski definition) is 1. The minimum Gasteiger partial charge on any atom is -0.325 e. The van der Waals surface area contributed by atoms with Crippen LogP contribution >= 0.6 is 11.8 Å². The fourth-order valence-corrected chi connectivity index (χ4v) is 3.80. The van der Waals surface area contributed by atoms with E-state index in [2.05, 4.69) is 34.2 Å². The molecule has 1 N–H and O–H groups in total. The van der Waals surface area contributed by atoms with Crippen molar-refractivity contribution in [2.24, 2.45) is 0 Å². The summed E-state index contributed by atoms with van der Waals surface area (Å²) in [5.74, 6) is 0.799. The Morgan fingerprint density at radius 3 is 3.00 bits per heavy atom. The lowest BCUT2D eigenvalue weighted by Crippen LogP contribution is -2.23. The highest BCUT2D eigenvalue weighted by Crippen LogP contribution is 2.26. The van der Waals surface area contributed by atoms with Gasteiger partial charge >= 0.3 is 0 Å². The molecule has 3 rings (SSSR count). The number of amides is 1. The molecule has 0 aliphatic heterocycles. The number of rotatable bonds is 6. The smallest absolute Gasteiger partial charge is 0.237 e. The molecule has 1 heterocycles. The van der Waals surface area contributed by atoms with E-state index >= 15 is 0 Å². The van der Waals surface area contributed by atoms with Crippen LogP contribution in [0.15, 0.2) is 36.0 Å². The largest absolute Gasteiger partial charge is 0.325 e. The molecule has 0 spiro atoms. The van der Waals surface area contributed by atoms with E-state index in [9.17, 15) is 4.79 Å². The molecule has 1 aliphatic rings. The summed E-state index contributed by atoms with van der Waals surface area (Å²) >= 11 is 1.41. The summed E-state index contributed by atoms with van der Waals surface area (Å²) in [6.07, 6.45) is 5.26. The zero-order valence-corrected chi connectivity index (χ0v) is 14.9. The Morgan fingerprint density at radius 1 is 1.42 bits per heavy atom. The molecule has 5 nitrogen and oxygen atoms in total. The number of allylic oxidation sites excluding steroid dienone is 1. The molecule has 1 aromatic heterocycles. The monoisotopic (exact) mass is 342 g/mol. The predicted molar refractivity (Wildman–Crippen MR) is 97.4 cm³/mol. The first-order valence-corrected chi connectivity index (χ1v) is 9.06. The molecule has 0 bridgehead atoms. The van der Waals surface area contributed by atoms with Gasteiger partial charge in [-0.1, -0.05) is 23.9 Å². The van der Waals surface area contributed by atoms with Crippen LogP contribution in [0.4, 0.5) is 5.69 Å². The van der Waals surface area contributed by atoms with Crippen LogP contribution in [0.2, 0.25) is 0 Å². The van der Waals surface area contributed by atoms with Gasteiger partial charge in [0.2, 0.25) is 5.91 Å². The molecule has 0 saturated heterocycles. The van der Waals surface area contributed by atoms with Crippen LogP contribution in [0.1, 0.15) is 30.3 Å². The highest BCUT2D eigenvalue weighted by atomic mass is 32.2. The second kappa shape index (κ2) is 7.21. The fraction of sp³-hybridized carbons (Fsp3) is 0.389. The molecule has 0 unspecified atom stereocenters. The number of anilines is 1. The van der Waals surface area contributed by atoms with E-state index in [1.807, 2.05) is 24.5 Å². The summed E-state index contributed by atoms with van der Waals surface area (Å²) in [6, 6.07) is 6.21. The number of aryl methyl sites for hydroxylation is 3. The van der Waals surface area contributed by atoms with Gasteiger partial charge in [0.1, 0.15) is 5.82 Å². The summed E-state index contributed by atoms with van der Waals surface area (Å²) < 4.78 is 1.96. The number of nitrogens with zero attached hydrogens (tertiary/aromatic N) is 3. The van der Waals surface area contributed by atoms with E-state index in [-0.39, 0.29) is 11.2 Å². The Hall–Kier alpha value is -2.08. The zero-order valence-electron chi connectivity index (χ0n) is 14.1.